The lowest BCUT2D eigenvalue weighted by Crippen LogP contribution is -2.40. The van der Waals surface area contributed by atoms with Crippen LogP contribution in [0.1, 0.15) is 19.4 Å². The van der Waals surface area contributed by atoms with Crippen LogP contribution >= 0.6 is 27.7 Å². The van der Waals surface area contributed by atoms with Gasteiger partial charge in [-0.1, -0.05) is 35.8 Å². The molecule has 1 nitrogen and oxygen atoms in total. The van der Waals surface area contributed by atoms with Crippen molar-refractivity contribution in [2.45, 2.75) is 29.7 Å². The minimum Gasteiger partial charge on any atom is -0.369 e. The van der Waals surface area contributed by atoms with Gasteiger partial charge in [-0.25, -0.2) is 4.39 Å². The molecule has 17 heavy (non-hydrogen) atoms. The highest BCUT2D eigenvalue weighted by atomic mass is 79.9. The monoisotopic (exact) mass is 317 g/mol. The summed E-state index contributed by atoms with van der Waals surface area (Å²) in [5, 5.41) is 1.77. The topological polar surface area (TPSA) is 3.24 Å². The first-order valence-electron chi connectivity index (χ1n) is 5.85. The van der Waals surface area contributed by atoms with E-state index in [0.29, 0.717) is 15.8 Å². The average molecular weight is 318 g/mol. The number of nitrogens with zero attached hydrogens (tertiary/aromatic N) is 1. The number of hydrogen-bond donors (Lipinski definition) is 0. The van der Waals surface area contributed by atoms with E-state index in [1.807, 2.05) is 17.8 Å². The summed E-state index contributed by atoms with van der Waals surface area (Å²) in [6.45, 7) is 6.47. The highest BCUT2D eigenvalue weighted by molar-refractivity contribution is 9.08. The molecule has 0 bridgehead atoms. The maximum atomic E-state index is 13.7. The van der Waals surface area contributed by atoms with Crippen LogP contribution in [0.2, 0.25) is 0 Å². The van der Waals surface area contributed by atoms with Gasteiger partial charge in [-0.05, 0) is 12.1 Å². The van der Waals surface area contributed by atoms with Crippen LogP contribution in [0.25, 0.3) is 0 Å². The molecule has 2 atom stereocenters. The van der Waals surface area contributed by atoms with Crippen molar-refractivity contribution in [1.82, 2.24) is 0 Å². The van der Waals surface area contributed by atoms with Crippen molar-refractivity contribution in [2.24, 2.45) is 0 Å². The number of anilines is 1. The Morgan fingerprint density at radius 1 is 1.35 bits per heavy atom. The summed E-state index contributed by atoms with van der Waals surface area (Å²) in [6, 6.07) is 5.36. The van der Waals surface area contributed by atoms with Crippen LogP contribution in [0.15, 0.2) is 18.2 Å². The van der Waals surface area contributed by atoms with Gasteiger partial charge in [0.15, 0.2) is 0 Å². The van der Waals surface area contributed by atoms with E-state index >= 15 is 0 Å². The smallest absolute Gasteiger partial charge is 0.129 e. The molecule has 0 spiro atoms. The van der Waals surface area contributed by atoms with Gasteiger partial charge in [0.05, 0.1) is 0 Å². The van der Waals surface area contributed by atoms with Crippen LogP contribution in [-0.4, -0.2) is 23.6 Å². The fourth-order valence-corrected chi connectivity index (χ4v) is 4.23. The van der Waals surface area contributed by atoms with E-state index in [2.05, 4.69) is 34.7 Å². The lowest BCUT2D eigenvalue weighted by atomic mass is 10.1. The molecule has 2 rings (SSSR count). The van der Waals surface area contributed by atoms with Gasteiger partial charge in [0, 0.05) is 40.2 Å². The molecule has 0 amide bonds. The Morgan fingerprint density at radius 3 is 2.59 bits per heavy atom. The molecule has 1 aromatic carbocycles. The van der Waals surface area contributed by atoms with Gasteiger partial charge in [-0.2, -0.15) is 11.8 Å². The van der Waals surface area contributed by atoms with Crippen molar-refractivity contribution in [3.8, 4) is 0 Å². The van der Waals surface area contributed by atoms with E-state index in [9.17, 15) is 4.39 Å². The standard InChI is InChI=1S/C13H17BrFNS/c1-9-7-16(8-10(2)17-9)13-5-3-4-12(15)11(13)6-14/h3-5,9-10H,6-8H2,1-2H3. The molecule has 0 aromatic heterocycles. The molecule has 1 aliphatic rings. The summed E-state index contributed by atoms with van der Waals surface area (Å²) in [5.74, 6) is -0.113. The summed E-state index contributed by atoms with van der Waals surface area (Å²) in [7, 11) is 0. The number of thioether (sulfide) groups is 1. The van der Waals surface area contributed by atoms with Gasteiger partial charge in [0.1, 0.15) is 5.82 Å². The normalized spacial score (nSPS) is 25.1. The molecule has 2 unspecified atom stereocenters. The zero-order valence-electron chi connectivity index (χ0n) is 10.1. The van der Waals surface area contributed by atoms with Crippen molar-refractivity contribution >= 4 is 33.4 Å². The van der Waals surface area contributed by atoms with E-state index < -0.39 is 0 Å². The second-order valence-electron chi connectivity index (χ2n) is 4.53. The molecule has 1 fully saturated rings. The fourth-order valence-electron chi connectivity index (χ4n) is 2.35. The van der Waals surface area contributed by atoms with E-state index in [1.54, 1.807) is 6.07 Å². The highest BCUT2D eigenvalue weighted by Gasteiger charge is 2.24. The van der Waals surface area contributed by atoms with E-state index in [4.69, 9.17) is 0 Å². The maximum Gasteiger partial charge on any atom is 0.129 e. The van der Waals surface area contributed by atoms with Crippen LogP contribution in [0.3, 0.4) is 0 Å². The lowest BCUT2D eigenvalue weighted by Gasteiger charge is -2.37. The van der Waals surface area contributed by atoms with E-state index in [-0.39, 0.29) is 5.82 Å². The third kappa shape index (κ3) is 2.97. The number of benzene rings is 1. The molecule has 0 saturated carbocycles. The Morgan fingerprint density at radius 2 is 2.00 bits per heavy atom. The number of alkyl halides is 1. The zero-order chi connectivity index (χ0) is 12.4. The van der Waals surface area contributed by atoms with Crippen molar-refractivity contribution in [2.75, 3.05) is 18.0 Å². The van der Waals surface area contributed by atoms with Crippen LogP contribution in [0.4, 0.5) is 10.1 Å². The minimum absolute atomic E-state index is 0.113. The fraction of sp³-hybridized carbons (Fsp3) is 0.538. The van der Waals surface area contributed by atoms with Crippen molar-refractivity contribution in [3.05, 3.63) is 29.6 Å². The van der Waals surface area contributed by atoms with Gasteiger partial charge in [0.2, 0.25) is 0 Å². The van der Waals surface area contributed by atoms with Crippen LogP contribution in [0, 0.1) is 5.82 Å². The predicted molar refractivity (Wildman–Crippen MR) is 77.8 cm³/mol. The second kappa shape index (κ2) is 5.61. The summed E-state index contributed by atoms with van der Waals surface area (Å²) in [4.78, 5) is 2.31. The molecule has 1 heterocycles. The molecule has 0 radical (unpaired) electrons. The summed E-state index contributed by atoms with van der Waals surface area (Å²) >= 11 is 5.39. The molecule has 1 saturated heterocycles. The largest absolute Gasteiger partial charge is 0.369 e. The Bertz CT molecular complexity index is 389. The van der Waals surface area contributed by atoms with Gasteiger partial charge in [0.25, 0.3) is 0 Å². The van der Waals surface area contributed by atoms with E-state index in [1.165, 1.54) is 6.07 Å². The molecule has 94 valence electrons. The summed E-state index contributed by atoms with van der Waals surface area (Å²) < 4.78 is 13.7. The van der Waals surface area contributed by atoms with Crippen LogP contribution < -0.4 is 4.90 Å². The highest BCUT2D eigenvalue weighted by Crippen LogP contribution is 2.32. The molecule has 1 aliphatic heterocycles. The van der Waals surface area contributed by atoms with Gasteiger partial charge in [-0.15, -0.1) is 0 Å². The van der Waals surface area contributed by atoms with Gasteiger partial charge in [-0.3, -0.25) is 0 Å². The quantitative estimate of drug-likeness (QED) is 0.757. The van der Waals surface area contributed by atoms with Crippen LogP contribution in [-0.2, 0) is 5.33 Å². The molecule has 0 N–H and O–H groups in total. The molecule has 1 aromatic rings. The Balaban J connectivity index is 2.30. The van der Waals surface area contributed by atoms with Crippen molar-refractivity contribution in [1.29, 1.82) is 0 Å². The van der Waals surface area contributed by atoms with Gasteiger partial charge < -0.3 is 4.90 Å². The first kappa shape index (κ1) is 13.2. The van der Waals surface area contributed by atoms with Crippen molar-refractivity contribution < 1.29 is 4.39 Å². The number of hydrogen-bond acceptors (Lipinski definition) is 2. The second-order valence-corrected chi connectivity index (χ2v) is 6.98. The molecule has 0 aliphatic carbocycles. The zero-order valence-corrected chi connectivity index (χ0v) is 12.5. The third-order valence-corrected chi connectivity index (χ3v) is 4.78. The molecular formula is C13H17BrFNS. The number of rotatable bonds is 2. The first-order valence-corrected chi connectivity index (χ1v) is 7.92. The molecular weight excluding hydrogens is 301 g/mol. The lowest BCUT2D eigenvalue weighted by molar-refractivity contribution is 0.614. The van der Waals surface area contributed by atoms with E-state index in [0.717, 1.165) is 24.3 Å². The maximum absolute atomic E-state index is 13.7. The van der Waals surface area contributed by atoms with Gasteiger partial charge >= 0.3 is 0 Å². The Labute approximate surface area is 115 Å². The van der Waals surface area contributed by atoms with Crippen LogP contribution in [0.5, 0.6) is 0 Å². The summed E-state index contributed by atoms with van der Waals surface area (Å²) in [6.07, 6.45) is 0. The Kier molecular flexibility index (Phi) is 4.36. The predicted octanol–water partition coefficient (Wildman–Crippen LogP) is 4.05. The SMILES string of the molecule is CC1CN(c2cccc(F)c2CBr)CC(C)S1. The first-order chi connectivity index (χ1) is 8.11. The molecule has 4 heteroatoms. The summed E-state index contributed by atoms with van der Waals surface area (Å²) in [5.41, 5.74) is 1.82. The number of halogens is 2. The van der Waals surface area contributed by atoms with Crippen molar-refractivity contribution in [3.63, 3.8) is 0 Å². The average Bonchev–Trinajstić information content (AvgIpc) is 2.27. The third-order valence-electron chi connectivity index (χ3n) is 2.99. The minimum atomic E-state index is -0.113. The Hall–Kier alpha value is -0.220.